The molecule has 0 fully saturated rings. The SMILES string of the molecule is O=C(N/C([S-])=N/NC(=O)c1ccccc1O)c1ccccc1.[Cl][Ni]. The maximum absolute atomic E-state index is 11.8. The third kappa shape index (κ3) is 6.16. The van der Waals surface area contributed by atoms with Crippen LogP contribution in [0.5, 0.6) is 5.75 Å². The summed E-state index contributed by atoms with van der Waals surface area (Å²) in [7, 11) is 4.26. The molecule has 2 rings (SSSR count). The zero-order valence-corrected chi connectivity index (χ0v) is 14.6. The molecule has 6 nitrogen and oxygen atoms in total. The molecule has 2 aromatic rings. The summed E-state index contributed by atoms with van der Waals surface area (Å²) < 4.78 is 0. The second-order valence-corrected chi connectivity index (χ2v) is 4.58. The Morgan fingerprint density at radius 2 is 1.58 bits per heavy atom. The van der Waals surface area contributed by atoms with Crippen molar-refractivity contribution in [3.63, 3.8) is 0 Å². The van der Waals surface area contributed by atoms with Gasteiger partial charge in [0.1, 0.15) is 5.75 Å². The molecule has 0 saturated heterocycles. The fraction of sp³-hybridized carbons (Fsp3) is 0. The van der Waals surface area contributed by atoms with E-state index >= 15 is 0 Å². The number of nitrogens with one attached hydrogen (secondary N) is 2. The number of carbonyl (C=O) groups excluding carboxylic acids is 2. The number of nitrogens with zero attached hydrogens (tertiary/aromatic N) is 1. The van der Waals surface area contributed by atoms with Crippen molar-refractivity contribution in [2.45, 2.75) is 0 Å². The molecule has 0 bridgehead atoms. The average molecular weight is 408 g/mol. The molecular weight excluding hydrogens is 396 g/mol. The Bertz CT molecular complexity index is 729. The van der Waals surface area contributed by atoms with Gasteiger partial charge in [0, 0.05) is 10.7 Å². The van der Waals surface area contributed by atoms with Crippen LogP contribution in [0.4, 0.5) is 0 Å². The van der Waals surface area contributed by atoms with E-state index in [2.05, 4.69) is 40.6 Å². The van der Waals surface area contributed by atoms with Gasteiger partial charge in [0.15, 0.2) is 0 Å². The molecule has 0 aliphatic carbocycles. The van der Waals surface area contributed by atoms with Gasteiger partial charge in [0.2, 0.25) is 0 Å². The Hall–Kier alpha value is -2.15. The van der Waals surface area contributed by atoms with Crippen molar-refractivity contribution < 1.29 is 29.3 Å². The van der Waals surface area contributed by atoms with Gasteiger partial charge in [-0.05, 0) is 24.3 Å². The summed E-state index contributed by atoms with van der Waals surface area (Å²) >= 11 is 8.20. The van der Waals surface area contributed by atoms with Crippen LogP contribution in [-0.4, -0.2) is 22.1 Å². The monoisotopic (exact) mass is 407 g/mol. The van der Waals surface area contributed by atoms with Crippen LogP contribution in [0.1, 0.15) is 20.7 Å². The molecule has 2 amide bonds. The minimum atomic E-state index is -0.630. The Labute approximate surface area is 156 Å². The fourth-order valence-corrected chi connectivity index (χ4v) is 1.75. The summed E-state index contributed by atoms with van der Waals surface area (Å²) in [4.78, 5) is 23.6. The van der Waals surface area contributed by atoms with Crippen LogP contribution in [0.2, 0.25) is 0 Å². The number of para-hydroxylation sites is 1. The van der Waals surface area contributed by atoms with E-state index in [0.29, 0.717) is 5.56 Å². The Morgan fingerprint density at radius 3 is 2.21 bits per heavy atom. The first-order valence-corrected chi connectivity index (χ1v) is 8.16. The number of hydrogen-bond acceptors (Lipinski definition) is 5. The molecule has 3 N–H and O–H groups in total. The number of hydrogen-bond donors (Lipinski definition) is 3. The first-order chi connectivity index (χ1) is 11.6. The Morgan fingerprint density at radius 1 is 1.00 bits per heavy atom. The summed E-state index contributed by atoms with van der Waals surface area (Å²) in [6, 6.07) is 14.5. The van der Waals surface area contributed by atoms with E-state index in [9.17, 15) is 14.7 Å². The third-order valence-corrected chi connectivity index (χ3v) is 2.86. The number of carbonyl (C=O) groups is 2. The maximum atomic E-state index is 11.8. The predicted octanol–water partition coefficient (Wildman–Crippen LogP) is 2.06. The van der Waals surface area contributed by atoms with Crippen molar-refractivity contribution in [2.24, 2.45) is 5.10 Å². The third-order valence-electron chi connectivity index (χ3n) is 2.66. The first kappa shape index (κ1) is 19.9. The molecule has 0 unspecified atom stereocenters. The second kappa shape index (κ2) is 10.6. The number of halogens is 1. The number of amidine groups is 1. The molecule has 2 aromatic carbocycles. The topological polar surface area (TPSA) is 90.8 Å². The van der Waals surface area contributed by atoms with E-state index in [-0.39, 0.29) is 16.5 Å². The number of rotatable bonds is 3. The number of hydrazone groups is 1. The zero-order valence-electron chi connectivity index (χ0n) is 12.0. The van der Waals surface area contributed by atoms with Crippen molar-refractivity contribution >= 4 is 39.8 Å². The van der Waals surface area contributed by atoms with E-state index in [1.165, 1.54) is 12.1 Å². The summed E-state index contributed by atoms with van der Waals surface area (Å²) in [6.07, 6.45) is 0. The quantitative estimate of drug-likeness (QED) is 0.238. The van der Waals surface area contributed by atoms with Gasteiger partial charge in [-0.15, -0.1) is 0 Å². The molecule has 0 radical (unpaired) electrons. The molecule has 0 aliphatic heterocycles. The standard InChI is InChI=1S/C15H13N3O3S.ClH.Ni/c19-12-9-5-4-8-11(12)14(21)17-18-15(22)16-13(20)10-6-2-1-3-7-10;;/h1-9,19H,(H,17,21)(H2,16,18,20,22);1H;/q;;+1/p-2. The fourth-order valence-electron chi connectivity index (χ4n) is 1.61. The van der Waals surface area contributed by atoms with Gasteiger partial charge in [0.05, 0.1) is 5.56 Å². The summed E-state index contributed by atoms with van der Waals surface area (Å²) in [5, 5.41) is 15.3. The van der Waals surface area contributed by atoms with Gasteiger partial charge in [-0.3, -0.25) is 9.59 Å². The predicted molar refractivity (Wildman–Crippen MR) is 90.1 cm³/mol. The van der Waals surface area contributed by atoms with Crippen LogP contribution in [0, 0.1) is 0 Å². The van der Waals surface area contributed by atoms with Crippen LogP contribution in [0.25, 0.3) is 0 Å². The second-order valence-electron chi connectivity index (χ2n) is 4.20. The molecular formula is C15H12ClN3NiO3S-. The molecule has 9 heteroatoms. The van der Waals surface area contributed by atoms with Crippen molar-refractivity contribution in [3.8, 4) is 5.75 Å². The van der Waals surface area contributed by atoms with E-state index in [4.69, 9.17) is 12.6 Å². The molecule has 0 heterocycles. The van der Waals surface area contributed by atoms with Crippen LogP contribution < -0.4 is 10.7 Å². The van der Waals surface area contributed by atoms with Crippen LogP contribution in [0.3, 0.4) is 0 Å². The minimum absolute atomic E-state index is 0.0587. The Kier molecular flexibility index (Phi) is 8.78. The van der Waals surface area contributed by atoms with E-state index in [1.54, 1.807) is 42.5 Å². The normalized spacial score (nSPS) is 10.2. The molecule has 129 valence electrons. The van der Waals surface area contributed by atoms with Gasteiger partial charge in [-0.25, -0.2) is 5.43 Å². The van der Waals surface area contributed by atoms with Gasteiger partial charge < -0.3 is 23.1 Å². The van der Waals surface area contributed by atoms with Crippen molar-refractivity contribution in [1.82, 2.24) is 10.7 Å². The molecule has 0 atom stereocenters. The number of phenolic OH excluding ortho intramolecular Hbond substituents is 1. The van der Waals surface area contributed by atoms with Crippen LogP contribution in [-0.2, 0) is 27.2 Å². The van der Waals surface area contributed by atoms with Gasteiger partial charge in [0.25, 0.3) is 11.8 Å². The Balaban J connectivity index is 0.00000139. The summed E-state index contributed by atoms with van der Waals surface area (Å²) in [5.74, 6) is -1.23. The van der Waals surface area contributed by atoms with E-state index < -0.39 is 11.8 Å². The zero-order chi connectivity index (χ0) is 17.9. The first-order valence-electron chi connectivity index (χ1n) is 6.39. The van der Waals surface area contributed by atoms with Crippen molar-refractivity contribution in [2.75, 3.05) is 0 Å². The van der Waals surface area contributed by atoms with Crippen LogP contribution in [0.15, 0.2) is 59.7 Å². The molecule has 0 spiro atoms. The van der Waals surface area contributed by atoms with Crippen molar-refractivity contribution in [3.05, 3.63) is 65.7 Å². The number of benzene rings is 2. The summed E-state index contributed by atoms with van der Waals surface area (Å²) in [5.41, 5.74) is 2.65. The average Bonchev–Trinajstić information content (AvgIpc) is 2.62. The van der Waals surface area contributed by atoms with E-state index in [1.807, 2.05) is 0 Å². The number of aromatic hydroxyl groups is 1. The van der Waals surface area contributed by atoms with E-state index in [0.717, 1.165) is 0 Å². The van der Waals surface area contributed by atoms with Crippen molar-refractivity contribution in [1.29, 1.82) is 0 Å². The molecule has 0 aromatic heterocycles. The molecule has 0 saturated carbocycles. The van der Waals surface area contributed by atoms with Gasteiger partial charge in [-0.2, -0.15) is 5.10 Å². The van der Waals surface area contributed by atoms with Gasteiger partial charge >= 0.3 is 24.8 Å². The van der Waals surface area contributed by atoms with Crippen LogP contribution >= 0.6 is 10.2 Å². The number of phenols is 1. The number of amides is 2. The molecule has 24 heavy (non-hydrogen) atoms. The molecule has 0 aliphatic rings. The van der Waals surface area contributed by atoms with Gasteiger partial charge in [-0.1, -0.05) is 30.3 Å². The summed E-state index contributed by atoms with van der Waals surface area (Å²) in [6.45, 7) is 0.